The second-order valence-electron chi connectivity index (χ2n) is 7.75. The maximum absolute atomic E-state index is 13.1. The molecule has 0 bridgehead atoms. The third-order valence-electron chi connectivity index (χ3n) is 5.24. The summed E-state index contributed by atoms with van der Waals surface area (Å²) in [5, 5.41) is 4.00. The van der Waals surface area contributed by atoms with E-state index in [2.05, 4.69) is 10.1 Å². The fourth-order valence-electron chi connectivity index (χ4n) is 3.60. The molecule has 1 aromatic carbocycles. The number of benzene rings is 1. The number of hydrogen-bond acceptors (Lipinski definition) is 5. The molecule has 7 heteroatoms. The first-order valence-electron chi connectivity index (χ1n) is 9.98. The molecule has 152 valence electrons. The fraction of sp³-hybridized carbons (Fsp3) is 0.409. The smallest absolute Gasteiger partial charge is 0.293 e. The topological polar surface area (TPSA) is 72.4 Å². The molecule has 0 radical (unpaired) electrons. The molecule has 0 aliphatic carbocycles. The van der Waals surface area contributed by atoms with Crippen molar-refractivity contribution >= 4 is 5.91 Å². The molecule has 4 rings (SSSR count). The third-order valence-corrected chi connectivity index (χ3v) is 5.24. The van der Waals surface area contributed by atoms with Crippen LogP contribution in [-0.4, -0.2) is 27.5 Å². The van der Waals surface area contributed by atoms with Crippen molar-refractivity contribution in [3.05, 3.63) is 71.0 Å². The van der Waals surface area contributed by atoms with Crippen LogP contribution >= 0.6 is 0 Å². The zero-order valence-corrected chi connectivity index (χ0v) is 16.6. The van der Waals surface area contributed by atoms with Crippen molar-refractivity contribution in [2.45, 2.75) is 51.5 Å². The van der Waals surface area contributed by atoms with Gasteiger partial charge in [-0.05, 0) is 42.9 Å². The van der Waals surface area contributed by atoms with Gasteiger partial charge < -0.3 is 13.8 Å². The number of oxazole rings is 1. The van der Waals surface area contributed by atoms with Gasteiger partial charge in [-0.3, -0.25) is 4.79 Å². The van der Waals surface area contributed by atoms with E-state index in [1.807, 2.05) is 13.8 Å². The van der Waals surface area contributed by atoms with Crippen molar-refractivity contribution in [1.29, 1.82) is 0 Å². The largest absolute Gasteiger partial charge is 0.443 e. The van der Waals surface area contributed by atoms with E-state index >= 15 is 0 Å². The number of aromatic nitrogens is 2. The minimum atomic E-state index is -0.267. The normalized spacial score (nSPS) is 17.1. The lowest BCUT2D eigenvalue weighted by molar-refractivity contribution is 0.0528. The number of carbonyl (C=O) groups is 1. The van der Waals surface area contributed by atoms with Crippen molar-refractivity contribution in [3.63, 3.8) is 0 Å². The molecule has 1 amide bonds. The number of piperidine rings is 1. The molecular formula is C22H24FN3O3. The molecular weight excluding hydrogens is 373 g/mol. The minimum Gasteiger partial charge on any atom is -0.443 e. The highest BCUT2D eigenvalue weighted by Gasteiger charge is 2.33. The van der Waals surface area contributed by atoms with Gasteiger partial charge in [0.2, 0.25) is 11.7 Å². The van der Waals surface area contributed by atoms with Gasteiger partial charge in [0, 0.05) is 19.0 Å². The Balaban J connectivity index is 1.52. The molecule has 0 saturated carbocycles. The summed E-state index contributed by atoms with van der Waals surface area (Å²) in [7, 11) is 0. The Labute approximate surface area is 168 Å². The molecule has 1 fully saturated rings. The summed E-state index contributed by atoms with van der Waals surface area (Å²) in [5.74, 6) is 1.20. The monoisotopic (exact) mass is 397 g/mol. The van der Waals surface area contributed by atoms with E-state index < -0.39 is 0 Å². The summed E-state index contributed by atoms with van der Waals surface area (Å²) in [6.07, 6.45) is 4.91. The number of hydrogen-bond donors (Lipinski definition) is 0. The summed E-state index contributed by atoms with van der Waals surface area (Å²) in [6.45, 7) is 4.63. The van der Waals surface area contributed by atoms with Gasteiger partial charge in [-0.25, -0.2) is 9.37 Å². The maximum Gasteiger partial charge on any atom is 0.293 e. The summed E-state index contributed by atoms with van der Waals surface area (Å²) in [6, 6.07) is 7.79. The molecule has 6 nitrogen and oxygen atoms in total. The lowest BCUT2D eigenvalue weighted by Crippen LogP contribution is -2.38. The average Bonchev–Trinajstić information content (AvgIpc) is 3.39. The van der Waals surface area contributed by atoms with Gasteiger partial charge in [0.1, 0.15) is 17.6 Å². The molecule has 0 spiro atoms. The standard InChI is InChI=1S/C22H24FN3O3/c1-14(2)18-12-20(29-25-18)22(27)26-10-4-3-5-19(26)21-24-13-17(28-21)11-15-6-8-16(23)9-7-15/h6-9,12-14,19H,3-5,10-11H2,1-2H3/t19-/m1/s1. The van der Waals surface area contributed by atoms with E-state index in [9.17, 15) is 9.18 Å². The van der Waals surface area contributed by atoms with Crippen LogP contribution in [0.25, 0.3) is 0 Å². The van der Waals surface area contributed by atoms with Crippen LogP contribution in [0.15, 0.2) is 45.5 Å². The van der Waals surface area contributed by atoms with E-state index in [0.29, 0.717) is 24.6 Å². The molecule has 1 aliphatic rings. The van der Waals surface area contributed by atoms with Crippen LogP contribution in [0, 0.1) is 5.82 Å². The van der Waals surface area contributed by atoms with Crippen molar-refractivity contribution < 1.29 is 18.1 Å². The van der Waals surface area contributed by atoms with Gasteiger partial charge in [0.05, 0.1) is 11.9 Å². The van der Waals surface area contributed by atoms with Gasteiger partial charge >= 0.3 is 0 Å². The Kier molecular flexibility index (Phi) is 5.47. The Morgan fingerprint density at radius 2 is 2.07 bits per heavy atom. The Morgan fingerprint density at radius 3 is 2.79 bits per heavy atom. The summed E-state index contributed by atoms with van der Waals surface area (Å²) in [5.41, 5.74) is 1.70. The van der Waals surface area contributed by atoms with Crippen LogP contribution in [0.5, 0.6) is 0 Å². The quantitative estimate of drug-likeness (QED) is 0.613. The number of likely N-dealkylation sites (tertiary alicyclic amines) is 1. The van der Waals surface area contributed by atoms with Crippen LogP contribution in [0.3, 0.4) is 0 Å². The second kappa shape index (κ2) is 8.19. The zero-order valence-electron chi connectivity index (χ0n) is 16.6. The van der Waals surface area contributed by atoms with E-state index in [1.165, 1.54) is 12.1 Å². The van der Waals surface area contributed by atoms with Crippen molar-refractivity contribution in [1.82, 2.24) is 15.0 Å². The van der Waals surface area contributed by atoms with Crippen molar-refractivity contribution in [2.24, 2.45) is 0 Å². The van der Waals surface area contributed by atoms with E-state index in [0.717, 1.165) is 30.5 Å². The van der Waals surface area contributed by atoms with Crippen LogP contribution < -0.4 is 0 Å². The predicted molar refractivity (Wildman–Crippen MR) is 104 cm³/mol. The molecule has 2 aromatic heterocycles. The number of amides is 1. The summed E-state index contributed by atoms with van der Waals surface area (Å²) >= 11 is 0. The molecule has 0 unspecified atom stereocenters. The van der Waals surface area contributed by atoms with Crippen molar-refractivity contribution in [2.75, 3.05) is 6.54 Å². The summed E-state index contributed by atoms with van der Waals surface area (Å²) < 4.78 is 24.4. The molecule has 1 aliphatic heterocycles. The molecule has 29 heavy (non-hydrogen) atoms. The number of halogens is 1. The van der Waals surface area contributed by atoms with Gasteiger partial charge in [-0.1, -0.05) is 31.1 Å². The SMILES string of the molecule is CC(C)c1cc(C(=O)N2CCCC[C@@H]2c2ncc(Cc3ccc(F)cc3)o2)on1. The fourth-order valence-corrected chi connectivity index (χ4v) is 3.60. The highest BCUT2D eigenvalue weighted by atomic mass is 19.1. The zero-order chi connectivity index (χ0) is 20.4. The third kappa shape index (κ3) is 4.23. The Morgan fingerprint density at radius 1 is 1.28 bits per heavy atom. The molecule has 0 N–H and O–H groups in total. The Bertz CT molecular complexity index is 977. The first kappa shape index (κ1) is 19.4. The van der Waals surface area contributed by atoms with Crippen LogP contribution in [0.4, 0.5) is 4.39 Å². The van der Waals surface area contributed by atoms with E-state index in [-0.39, 0.29) is 29.4 Å². The van der Waals surface area contributed by atoms with Gasteiger partial charge in [-0.2, -0.15) is 0 Å². The van der Waals surface area contributed by atoms with Crippen LogP contribution in [-0.2, 0) is 6.42 Å². The molecule has 3 heterocycles. The highest BCUT2D eigenvalue weighted by molar-refractivity contribution is 5.91. The lowest BCUT2D eigenvalue weighted by Gasteiger charge is -2.32. The van der Waals surface area contributed by atoms with Gasteiger partial charge in [0.15, 0.2) is 0 Å². The van der Waals surface area contributed by atoms with E-state index in [4.69, 9.17) is 8.94 Å². The number of rotatable bonds is 5. The van der Waals surface area contributed by atoms with E-state index in [1.54, 1.807) is 29.3 Å². The van der Waals surface area contributed by atoms with Crippen LogP contribution in [0.2, 0.25) is 0 Å². The van der Waals surface area contributed by atoms with Crippen LogP contribution in [0.1, 0.15) is 78.5 Å². The molecule has 1 saturated heterocycles. The summed E-state index contributed by atoms with van der Waals surface area (Å²) in [4.78, 5) is 19.2. The second-order valence-corrected chi connectivity index (χ2v) is 7.75. The van der Waals surface area contributed by atoms with Gasteiger partial charge in [0.25, 0.3) is 5.91 Å². The Hall–Kier alpha value is -2.96. The first-order valence-corrected chi connectivity index (χ1v) is 9.98. The number of carbonyl (C=O) groups excluding carboxylic acids is 1. The maximum atomic E-state index is 13.1. The minimum absolute atomic E-state index is 0.188. The first-order chi connectivity index (χ1) is 14.0. The lowest BCUT2D eigenvalue weighted by atomic mass is 10.0. The molecule has 1 atom stereocenters. The van der Waals surface area contributed by atoms with Gasteiger partial charge in [-0.15, -0.1) is 0 Å². The highest BCUT2D eigenvalue weighted by Crippen LogP contribution is 2.32. The molecule has 3 aromatic rings. The average molecular weight is 397 g/mol. The predicted octanol–water partition coefficient (Wildman–Crippen LogP) is 4.88. The van der Waals surface area contributed by atoms with Crippen molar-refractivity contribution in [3.8, 4) is 0 Å². The number of nitrogens with zero attached hydrogens (tertiary/aromatic N) is 3.